The number of aryl methyl sites for hydroxylation is 1. The van der Waals surface area contributed by atoms with Gasteiger partial charge >= 0.3 is 0 Å². The van der Waals surface area contributed by atoms with Crippen molar-refractivity contribution < 1.29 is 0 Å². The first-order valence-corrected chi connectivity index (χ1v) is 6.46. The van der Waals surface area contributed by atoms with Gasteiger partial charge in [-0.15, -0.1) is 0 Å². The molecule has 0 unspecified atom stereocenters. The Labute approximate surface area is 118 Å². The minimum absolute atomic E-state index is 0.619. The van der Waals surface area contributed by atoms with Gasteiger partial charge in [-0.25, -0.2) is 4.98 Å². The molecule has 1 N–H and O–H groups in total. The Morgan fingerprint density at radius 3 is 2.65 bits per heavy atom. The number of pyridine rings is 1. The van der Waals surface area contributed by atoms with E-state index in [4.69, 9.17) is 23.2 Å². The van der Waals surface area contributed by atoms with Crippen LogP contribution in [0.15, 0.2) is 34.9 Å². The molecule has 0 spiro atoms. The first kappa shape index (κ1) is 12.7. The monoisotopic (exact) mass is 330 g/mol. The minimum Gasteiger partial charge on any atom is -0.339 e. The van der Waals surface area contributed by atoms with Gasteiger partial charge in [0.05, 0.1) is 10.7 Å². The summed E-state index contributed by atoms with van der Waals surface area (Å²) in [5, 5.41) is 4.42. The number of nitrogens with one attached hydrogen (secondary N) is 1. The van der Waals surface area contributed by atoms with Crippen molar-refractivity contribution in [2.75, 3.05) is 5.32 Å². The molecule has 0 bridgehead atoms. The van der Waals surface area contributed by atoms with Crippen LogP contribution in [0.5, 0.6) is 0 Å². The molecule has 0 aliphatic heterocycles. The van der Waals surface area contributed by atoms with Crippen LogP contribution in [-0.2, 0) is 0 Å². The van der Waals surface area contributed by atoms with Crippen molar-refractivity contribution in [2.45, 2.75) is 6.92 Å². The lowest BCUT2D eigenvalue weighted by atomic mass is 10.2. The highest BCUT2D eigenvalue weighted by molar-refractivity contribution is 9.10. The molecule has 0 saturated carbocycles. The van der Waals surface area contributed by atoms with Crippen molar-refractivity contribution in [3.63, 3.8) is 0 Å². The average Bonchev–Trinajstić information content (AvgIpc) is 2.26. The van der Waals surface area contributed by atoms with Crippen LogP contribution in [0.1, 0.15) is 5.56 Å². The molecule has 5 heteroatoms. The Bertz CT molecular complexity index is 558. The number of anilines is 2. The van der Waals surface area contributed by atoms with Crippen LogP contribution >= 0.6 is 39.1 Å². The van der Waals surface area contributed by atoms with Crippen molar-refractivity contribution in [3.05, 3.63) is 50.5 Å². The Hall–Kier alpha value is -0.770. The van der Waals surface area contributed by atoms with Crippen molar-refractivity contribution in [2.24, 2.45) is 0 Å². The molecule has 0 amide bonds. The Balaban J connectivity index is 2.33. The maximum absolute atomic E-state index is 6.13. The first-order valence-electron chi connectivity index (χ1n) is 4.91. The second-order valence-corrected chi connectivity index (χ2v) is 5.18. The summed E-state index contributed by atoms with van der Waals surface area (Å²) in [6.07, 6.45) is 0. The van der Waals surface area contributed by atoms with Crippen LogP contribution in [0.4, 0.5) is 11.5 Å². The van der Waals surface area contributed by atoms with E-state index in [2.05, 4.69) is 26.2 Å². The van der Waals surface area contributed by atoms with E-state index in [9.17, 15) is 0 Å². The zero-order chi connectivity index (χ0) is 12.4. The predicted octanol–water partition coefficient (Wildman–Crippen LogP) is 5.20. The number of hydrogen-bond acceptors (Lipinski definition) is 2. The van der Waals surface area contributed by atoms with E-state index < -0.39 is 0 Å². The second kappa shape index (κ2) is 5.25. The summed E-state index contributed by atoms with van der Waals surface area (Å²) >= 11 is 15.5. The molecule has 1 aromatic heterocycles. The number of halogens is 3. The highest BCUT2D eigenvalue weighted by atomic mass is 79.9. The quantitative estimate of drug-likeness (QED) is 0.765. The van der Waals surface area contributed by atoms with E-state index in [1.807, 2.05) is 31.2 Å². The van der Waals surface area contributed by atoms with Crippen LogP contribution in [-0.4, -0.2) is 4.98 Å². The van der Waals surface area contributed by atoms with Crippen LogP contribution in [0.2, 0.25) is 10.0 Å². The maximum atomic E-state index is 6.13. The van der Waals surface area contributed by atoms with Crippen LogP contribution in [0.3, 0.4) is 0 Å². The third-order valence-corrected chi connectivity index (χ3v) is 3.39. The average molecular weight is 332 g/mol. The Morgan fingerprint density at radius 1 is 1.18 bits per heavy atom. The standard InChI is InChI=1S/C12H9BrCl2N2/c1-7-5-9(15)10(6-8(7)14)16-12-4-2-3-11(13)17-12/h2-6H,1H3,(H,16,17). The number of nitrogens with zero attached hydrogens (tertiary/aromatic N) is 1. The highest BCUT2D eigenvalue weighted by Gasteiger charge is 2.05. The van der Waals surface area contributed by atoms with Gasteiger partial charge in [-0.2, -0.15) is 0 Å². The van der Waals surface area contributed by atoms with Crippen LogP contribution < -0.4 is 5.32 Å². The summed E-state index contributed by atoms with van der Waals surface area (Å²) in [5.74, 6) is 0.709. The normalized spacial score (nSPS) is 10.4. The molecule has 17 heavy (non-hydrogen) atoms. The van der Waals surface area contributed by atoms with Gasteiger partial charge in [0.25, 0.3) is 0 Å². The molecule has 0 saturated heterocycles. The van der Waals surface area contributed by atoms with Gasteiger partial charge in [-0.3, -0.25) is 0 Å². The number of rotatable bonds is 2. The second-order valence-electron chi connectivity index (χ2n) is 3.55. The molecule has 0 atom stereocenters. The van der Waals surface area contributed by atoms with Gasteiger partial charge in [0.2, 0.25) is 0 Å². The summed E-state index contributed by atoms with van der Waals surface area (Å²) < 4.78 is 0.761. The molecular formula is C12H9BrCl2N2. The fraction of sp³-hybridized carbons (Fsp3) is 0.0833. The molecule has 2 nitrogen and oxygen atoms in total. The fourth-order valence-corrected chi connectivity index (χ4v) is 2.13. The maximum Gasteiger partial charge on any atom is 0.131 e. The van der Waals surface area contributed by atoms with E-state index in [1.54, 1.807) is 6.07 Å². The topological polar surface area (TPSA) is 24.9 Å². The van der Waals surface area contributed by atoms with Crippen molar-refractivity contribution >= 4 is 50.6 Å². The summed E-state index contributed by atoms with van der Waals surface area (Å²) in [5.41, 5.74) is 1.69. The van der Waals surface area contributed by atoms with E-state index in [1.165, 1.54) is 0 Å². The van der Waals surface area contributed by atoms with Crippen molar-refractivity contribution in [1.29, 1.82) is 0 Å². The Kier molecular flexibility index (Phi) is 3.92. The zero-order valence-corrected chi connectivity index (χ0v) is 12.1. The first-order chi connectivity index (χ1) is 8.06. The van der Waals surface area contributed by atoms with Crippen molar-refractivity contribution in [1.82, 2.24) is 4.98 Å². The van der Waals surface area contributed by atoms with Gasteiger partial charge in [-0.05, 0) is 52.7 Å². The van der Waals surface area contributed by atoms with Gasteiger partial charge in [-0.1, -0.05) is 29.3 Å². The molecule has 2 rings (SSSR count). The predicted molar refractivity (Wildman–Crippen MR) is 76.4 cm³/mol. The molecular weight excluding hydrogens is 323 g/mol. The summed E-state index contributed by atoms with van der Waals surface area (Å²) in [6, 6.07) is 9.22. The third-order valence-electron chi connectivity index (χ3n) is 2.23. The van der Waals surface area contributed by atoms with E-state index >= 15 is 0 Å². The lowest BCUT2D eigenvalue weighted by Gasteiger charge is -2.09. The van der Waals surface area contributed by atoms with Gasteiger partial charge < -0.3 is 5.32 Å². The van der Waals surface area contributed by atoms with Gasteiger partial charge in [0.1, 0.15) is 10.4 Å². The Morgan fingerprint density at radius 2 is 1.94 bits per heavy atom. The van der Waals surface area contributed by atoms with E-state index in [0.29, 0.717) is 15.9 Å². The minimum atomic E-state index is 0.619. The molecule has 1 aromatic carbocycles. The van der Waals surface area contributed by atoms with E-state index in [0.717, 1.165) is 15.9 Å². The summed E-state index contributed by atoms with van der Waals surface area (Å²) in [6.45, 7) is 1.91. The molecule has 0 fully saturated rings. The van der Waals surface area contributed by atoms with Crippen LogP contribution in [0.25, 0.3) is 0 Å². The zero-order valence-electron chi connectivity index (χ0n) is 8.97. The molecule has 1 heterocycles. The SMILES string of the molecule is Cc1cc(Cl)c(Nc2cccc(Br)n2)cc1Cl. The lowest BCUT2D eigenvalue weighted by Crippen LogP contribution is -1.95. The van der Waals surface area contributed by atoms with Gasteiger partial charge in [0.15, 0.2) is 0 Å². The summed E-state index contributed by atoms with van der Waals surface area (Å²) in [4.78, 5) is 4.27. The number of benzene rings is 1. The summed E-state index contributed by atoms with van der Waals surface area (Å²) in [7, 11) is 0. The largest absolute Gasteiger partial charge is 0.339 e. The number of hydrogen-bond donors (Lipinski definition) is 1. The highest BCUT2D eigenvalue weighted by Crippen LogP contribution is 2.30. The van der Waals surface area contributed by atoms with Gasteiger partial charge in [0, 0.05) is 5.02 Å². The molecule has 0 aliphatic rings. The van der Waals surface area contributed by atoms with Crippen LogP contribution in [0, 0.1) is 6.92 Å². The molecule has 0 radical (unpaired) electrons. The molecule has 2 aromatic rings. The number of aromatic nitrogens is 1. The fourth-order valence-electron chi connectivity index (χ4n) is 1.36. The third kappa shape index (κ3) is 3.12. The van der Waals surface area contributed by atoms with Crippen molar-refractivity contribution in [3.8, 4) is 0 Å². The smallest absolute Gasteiger partial charge is 0.131 e. The lowest BCUT2D eigenvalue weighted by molar-refractivity contribution is 1.26. The molecule has 0 aliphatic carbocycles. The van der Waals surface area contributed by atoms with E-state index in [-0.39, 0.29) is 0 Å². The molecule has 88 valence electrons.